The minimum Gasteiger partial charge on any atom is -0.166 e. The first-order valence-corrected chi connectivity index (χ1v) is 9.03. The Morgan fingerprint density at radius 1 is 0.571 bits per heavy atom. The quantitative estimate of drug-likeness (QED) is 0.308. The van der Waals surface area contributed by atoms with Crippen LogP contribution in [0.4, 0.5) is 13.2 Å². The zero-order valence-electron chi connectivity index (χ0n) is 14.8. The minimum absolute atomic E-state index is 0.580. The average Bonchev–Trinajstić information content (AvgIpc) is 3.39. The Morgan fingerprint density at radius 3 is 1.75 bits per heavy atom. The largest absolute Gasteiger partial charge is 0.416 e. The summed E-state index contributed by atoms with van der Waals surface area (Å²) in [5.41, 5.74) is 4.95. The Hall–Kier alpha value is -3.33. The van der Waals surface area contributed by atoms with Gasteiger partial charge in [0, 0.05) is 0 Å². The van der Waals surface area contributed by atoms with Gasteiger partial charge < -0.3 is 0 Å². The van der Waals surface area contributed by atoms with Crippen molar-refractivity contribution in [2.24, 2.45) is 0 Å². The predicted molar refractivity (Wildman–Crippen MR) is 107 cm³/mol. The van der Waals surface area contributed by atoms with E-state index in [-0.39, 0.29) is 0 Å². The van der Waals surface area contributed by atoms with Crippen molar-refractivity contribution in [1.82, 2.24) is 0 Å². The van der Waals surface area contributed by atoms with Crippen LogP contribution in [0, 0.1) is 0 Å². The van der Waals surface area contributed by atoms with Crippen LogP contribution in [0.2, 0.25) is 0 Å². The average molecular weight is 372 g/mol. The third-order valence-corrected chi connectivity index (χ3v) is 5.15. The summed E-state index contributed by atoms with van der Waals surface area (Å²) in [7, 11) is 0. The van der Waals surface area contributed by atoms with Crippen molar-refractivity contribution in [1.29, 1.82) is 0 Å². The van der Waals surface area contributed by atoms with Gasteiger partial charge >= 0.3 is 6.18 Å². The molecule has 4 aromatic rings. The lowest BCUT2D eigenvalue weighted by Crippen LogP contribution is -2.05. The third kappa shape index (κ3) is 2.80. The lowest BCUT2D eigenvalue weighted by Gasteiger charge is -2.12. The molecule has 0 aliphatic heterocycles. The molecule has 0 heterocycles. The Kier molecular flexibility index (Phi) is 3.66. The molecule has 0 aromatic heterocycles. The molecule has 0 N–H and O–H groups in total. The van der Waals surface area contributed by atoms with Gasteiger partial charge in [0.1, 0.15) is 0 Å². The van der Waals surface area contributed by atoms with Gasteiger partial charge in [-0.15, -0.1) is 0 Å². The van der Waals surface area contributed by atoms with Gasteiger partial charge in [-0.25, -0.2) is 0 Å². The van der Waals surface area contributed by atoms with Crippen LogP contribution in [0.3, 0.4) is 0 Å². The number of alkyl halides is 3. The van der Waals surface area contributed by atoms with Gasteiger partial charge in [0.15, 0.2) is 0 Å². The summed E-state index contributed by atoms with van der Waals surface area (Å²) in [5, 5.41) is 2.26. The maximum Gasteiger partial charge on any atom is 0.416 e. The molecule has 0 radical (unpaired) electrons. The molecule has 3 heteroatoms. The van der Waals surface area contributed by atoms with Crippen molar-refractivity contribution < 1.29 is 13.2 Å². The number of rotatable bonds is 2. The second-order valence-corrected chi connectivity index (χ2v) is 6.94. The van der Waals surface area contributed by atoms with Crippen molar-refractivity contribution in [3.63, 3.8) is 0 Å². The molecule has 5 rings (SSSR count). The van der Waals surface area contributed by atoms with Gasteiger partial charge in [0.05, 0.1) is 5.56 Å². The number of fused-ring (bicyclic) bond motifs is 2. The first-order chi connectivity index (χ1) is 13.5. The number of benzene rings is 4. The molecule has 0 nitrogen and oxygen atoms in total. The summed E-state index contributed by atoms with van der Waals surface area (Å²) in [6.45, 7) is 0. The van der Waals surface area contributed by atoms with Crippen LogP contribution in [0.5, 0.6) is 0 Å². The molecule has 0 saturated carbocycles. The standard InChI is InChI=1S/C25H15F3/c26-25(27,28)20-12-6-11-19(13-20)23(16-7-2-1-3-8-16)24-21-14-17-9-4-5-10-18(17)15-22(21)24/h1-15H. The molecule has 136 valence electrons. The van der Waals surface area contributed by atoms with E-state index in [1.165, 1.54) is 12.1 Å². The van der Waals surface area contributed by atoms with Crippen LogP contribution in [0.15, 0.2) is 91.0 Å². The second-order valence-electron chi connectivity index (χ2n) is 6.94. The zero-order chi connectivity index (χ0) is 19.3. The zero-order valence-corrected chi connectivity index (χ0v) is 14.8. The van der Waals surface area contributed by atoms with Crippen LogP contribution in [0.25, 0.3) is 21.9 Å². The Labute approximate surface area is 160 Å². The number of hydrogen-bond donors (Lipinski definition) is 0. The summed E-state index contributed by atoms with van der Waals surface area (Å²) in [5.74, 6) is 0. The van der Waals surface area contributed by atoms with E-state index in [4.69, 9.17) is 0 Å². The first-order valence-electron chi connectivity index (χ1n) is 9.03. The van der Waals surface area contributed by atoms with Crippen LogP contribution >= 0.6 is 0 Å². The molecule has 0 atom stereocenters. The Balaban J connectivity index is 1.75. The highest BCUT2D eigenvalue weighted by atomic mass is 19.4. The molecule has 28 heavy (non-hydrogen) atoms. The Bertz CT molecular complexity index is 1190. The van der Waals surface area contributed by atoms with Crippen LogP contribution < -0.4 is 0 Å². The van der Waals surface area contributed by atoms with Gasteiger partial charge in [-0.3, -0.25) is 0 Å². The van der Waals surface area contributed by atoms with Crippen LogP contribution in [0.1, 0.15) is 27.8 Å². The summed E-state index contributed by atoms with van der Waals surface area (Å²) in [6.07, 6.45) is -4.37. The van der Waals surface area contributed by atoms with Gasteiger partial charge in [-0.2, -0.15) is 13.2 Å². The fourth-order valence-corrected chi connectivity index (χ4v) is 3.78. The Morgan fingerprint density at radius 2 is 1.14 bits per heavy atom. The van der Waals surface area contributed by atoms with E-state index in [0.717, 1.165) is 44.7 Å². The summed E-state index contributed by atoms with van der Waals surface area (Å²) in [4.78, 5) is 0. The van der Waals surface area contributed by atoms with Crippen molar-refractivity contribution in [3.05, 3.63) is 119 Å². The van der Waals surface area contributed by atoms with Crippen molar-refractivity contribution in [2.75, 3.05) is 0 Å². The number of hydrogen-bond acceptors (Lipinski definition) is 0. The summed E-state index contributed by atoms with van der Waals surface area (Å²) >= 11 is 0. The molecule has 0 amide bonds. The van der Waals surface area contributed by atoms with Gasteiger partial charge in [-0.05, 0) is 68.4 Å². The lowest BCUT2D eigenvalue weighted by atomic mass is 9.94. The van der Waals surface area contributed by atoms with Gasteiger partial charge in [-0.1, -0.05) is 66.7 Å². The maximum absolute atomic E-state index is 13.3. The van der Waals surface area contributed by atoms with E-state index in [1.54, 1.807) is 6.07 Å². The normalized spacial score (nSPS) is 12.8. The topological polar surface area (TPSA) is 0 Å². The minimum atomic E-state index is -4.37. The highest BCUT2D eigenvalue weighted by Gasteiger charge is 2.33. The van der Waals surface area contributed by atoms with Gasteiger partial charge in [0.25, 0.3) is 0 Å². The molecule has 0 unspecified atom stereocenters. The molecule has 1 aliphatic rings. The van der Waals surface area contributed by atoms with E-state index in [2.05, 4.69) is 24.3 Å². The molecular formula is C25H15F3. The van der Waals surface area contributed by atoms with E-state index in [1.807, 2.05) is 42.5 Å². The van der Waals surface area contributed by atoms with Crippen molar-refractivity contribution in [3.8, 4) is 0 Å². The SMILES string of the molecule is FC(F)(F)c1cccc(C(=C2c3cc4ccccc4cc32)c2ccccc2)c1. The molecule has 0 spiro atoms. The van der Waals surface area contributed by atoms with Crippen LogP contribution in [-0.4, -0.2) is 0 Å². The monoisotopic (exact) mass is 372 g/mol. The fraction of sp³-hybridized carbons (Fsp3) is 0.0400. The highest BCUT2D eigenvalue weighted by molar-refractivity contribution is 6.18. The molecule has 0 bridgehead atoms. The molecule has 0 saturated heterocycles. The molecule has 0 fully saturated rings. The molecule has 1 aliphatic carbocycles. The first kappa shape index (κ1) is 16.8. The van der Waals surface area contributed by atoms with E-state index >= 15 is 0 Å². The van der Waals surface area contributed by atoms with E-state index in [0.29, 0.717) is 5.56 Å². The number of halogens is 3. The predicted octanol–water partition coefficient (Wildman–Crippen LogP) is 7.18. The molecular weight excluding hydrogens is 357 g/mol. The third-order valence-electron chi connectivity index (χ3n) is 5.15. The van der Waals surface area contributed by atoms with Gasteiger partial charge in [0.2, 0.25) is 0 Å². The maximum atomic E-state index is 13.3. The van der Waals surface area contributed by atoms with Crippen molar-refractivity contribution in [2.45, 2.75) is 6.18 Å². The highest BCUT2D eigenvalue weighted by Crippen LogP contribution is 2.51. The summed E-state index contributed by atoms with van der Waals surface area (Å²) in [6, 6.07) is 27.5. The summed E-state index contributed by atoms with van der Waals surface area (Å²) < 4.78 is 39.9. The second kappa shape index (κ2) is 6.10. The van der Waals surface area contributed by atoms with Crippen LogP contribution in [-0.2, 0) is 6.18 Å². The van der Waals surface area contributed by atoms with E-state index in [9.17, 15) is 13.2 Å². The smallest absolute Gasteiger partial charge is 0.166 e. The van der Waals surface area contributed by atoms with Crippen molar-refractivity contribution >= 4 is 21.9 Å². The fourth-order valence-electron chi connectivity index (χ4n) is 3.78. The molecule has 4 aromatic carbocycles. The lowest BCUT2D eigenvalue weighted by molar-refractivity contribution is -0.137. The van der Waals surface area contributed by atoms with E-state index < -0.39 is 11.7 Å².